The molecule has 0 saturated carbocycles. The topological polar surface area (TPSA) is 46.5 Å². The minimum Gasteiger partial charge on any atom is -0.324 e. The van der Waals surface area contributed by atoms with Crippen LogP contribution in [0.1, 0.15) is 6.92 Å². The predicted molar refractivity (Wildman–Crippen MR) is 40.3 cm³/mol. The first-order valence-corrected chi connectivity index (χ1v) is 5.43. The standard InChI is InChI=1S/C3H8IO3P/c1-2-7-8(5,6)3-4/h2-3H2,1H3,(H,5,6). The lowest BCUT2D eigenvalue weighted by molar-refractivity contribution is 0.279. The highest BCUT2D eigenvalue weighted by molar-refractivity contribution is 14.1. The van der Waals surface area contributed by atoms with E-state index in [0.29, 0.717) is 6.61 Å². The van der Waals surface area contributed by atoms with Crippen molar-refractivity contribution in [2.45, 2.75) is 6.92 Å². The molecule has 0 amide bonds. The number of rotatable bonds is 3. The van der Waals surface area contributed by atoms with E-state index in [-0.39, 0.29) is 4.17 Å². The Labute approximate surface area is 62.1 Å². The lowest BCUT2D eigenvalue weighted by Gasteiger charge is -2.04. The number of halogens is 1. The summed E-state index contributed by atoms with van der Waals surface area (Å²) in [6, 6.07) is 0. The Kier molecular flexibility index (Phi) is 4.24. The van der Waals surface area contributed by atoms with Gasteiger partial charge in [-0.2, -0.15) is 0 Å². The largest absolute Gasteiger partial charge is 0.337 e. The van der Waals surface area contributed by atoms with Crippen molar-refractivity contribution in [1.29, 1.82) is 0 Å². The van der Waals surface area contributed by atoms with Crippen LogP contribution in [0, 0.1) is 0 Å². The van der Waals surface area contributed by atoms with Crippen molar-refractivity contribution in [3.8, 4) is 0 Å². The highest BCUT2D eigenvalue weighted by atomic mass is 127. The van der Waals surface area contributed by atoms with E-state index >= 15 is 0 Å². The van der Waals surface area contributed by atoms with Gasteiger partial charge < -0.3 is 9.42 Å². The fourth-order valence-electron chi connectivity index (χ4n) is 0.236. The minimum absolute atomic E-state index is 0.165. The van der Waals surface area contributed by atoms with Gasteiger partial charge in [-0.15, -0.1) is 0 Å². The van der Waals surface area contributed by atoms with Crippen LogP contribution in [0.5, 0.6) is 0 Å². The molecule has 50 valence electrons. The van der Waals surface area contributed by atoms with E-state index in [0.717, 1.165) is 0 Å². The van der Waals surface area contributed by atoms with Gasteiger partial charge in [0.15, 0.2) is 0 Å². The molecule has 0 saturated heterocycles. The predicted octanol–water partition coefficient (Wildman–Crippen LogP) is 1.60. The third-order valence-corrected chi connectivity index (χ3v) is 4.03. The summed E-state index contributed by atoms with van der Waals surface area (Å²) < 4.78 is 15.2. The van der Waals surface area contributed by atoms with Crippen LogP contribution in [0.25, 0.3) is 0 Å². The Morgan fingerprint density at radius 1 is 1.88 bits per heavy atom. The molecule has 0 heterocycles. The molecule has 1 unspecified atom stereocenters. The number of hydrogen-bond donors (Lipinski definition) is 1. The first kappa shape index (κ1) is 8.88. The number of alkyl halides is 1. The van der Waals surface area contributed by atoms with Crippen molar-refractivity contribution in [2.75, 3.05) is 10.8 Å². The van der Waals surface area contributed by atoms with Crippen LogP contribution in [0.15, 0.2) is 0 Å². The summed E-state index contributed by atoms with van der Waals surface area (Å²) in [7, 11) is -3.19. The Hall–Kier alpha value is 0.880. The fraction of sp³-hybridized carbons (Fsp3) is 1.00. The summed E-state index contributed by atoms with van der Waals surface area (Å²) in [5, 5.41) is 0. The molecule has 0 aromatic carbocycles. The Bertz CT molecular complexity index is 105. The van der Waals surface area contributed by atoms with E-state index in [1.54, 1.807) is 6.92 Å². The highest BCUT2D eigenvalue weighted by Crippen LogP contribution is 2.43. The molecule has 0 aliphatic heterocycles. The summed E-state index contributed by atoms with van der Waals surface area (Å²) in [6.07, 6.45) is 0. The van der Waals surface area contributed by atoms with Gasteiger partial charge in [0.2, 0.25) is 0 Å². The summed E-state index contributed by atoms with van der Waals surface area (Å²) in [5.74, 6) is 0. The third kappa shape index (κ3) is 3.83. The van der Waals surface area contributed by atoms with Crippen LogP contribution < -0.4 is 0 Å². The smallest absolute Gasteiger partial charge is 0.324 e. The zero-order chi connectivity index (χ0) is 6.62. The van der Waals surface area contributed by atoms with Crippen LogP contribution >= 0.6 is 30.2 Å². The van der Waals surface area contributed by atoms with Gasteiger partial charge in [0.25, 0.3) is 0 Å². The zero-order valence-corrected chi connectivity index (χ0v) is 7.56. The van der Waals surface area contributed by atoms with Crippen LogP contribution in [-0.2, 0) is 9.09 Å². The molecule has 0 aliphatic rings. The van der Waals surface area contributed by atoms with E-state index in [2.05, 4.69) is 4.52 Å². The molecule has 0 bridgehead atoms. The monoisotopic (exact) mass is 250 g/mol. The van der Waals surface area contributed by atoms with Gasteiger partial charge >= 0.3 is 7.60 Å². The second kappa shape index (κ2) is 3.82. The first-order chi connectivity index (χ1) is 3.62. The summed E-state index contributed by atoms with van der Waals surface area (Å²) >= 11 is 1.82. The first-order valence-electron chi connectivity index (χ1n) is 2.14. The van der Waals surface area contributed by atoms with E-state index in [1.165, 1.54) is 0 Å². The van der Waals surface area contributed by atoms with Crippen LogP contribution in [0.4, 0.5) is 0 Å². The molecule has 0 rings (SSSR count). The van der Waals surface area contributed by atoms with Gasteiger partial charge in [-0.3, -0.25) is 4.57 Å². The molecular weight excluding hydrogens is 242 g/mol. The molecule has 0 fully saturated rings. The van der Waals surface area contributed by atoms with E-state index in [4.69, 9.17) is 4.89 Å². The molecule has 1 N–H and O–H groups in total. The molecule has 3 nitrogen and oxygen atoms in total. The molecule has 0 aliphatic carbocycles. The van der Waals surface area contributed by atoms with Crippen molar-refractivity contribution in [2.24, 2.45) is 0 Å². The SMILES string of the molecule is CCOP(=O)(O)CI. The van der Waals surface area contributed by atoms with Gasteiger partial charge in [-0.05, 0) is 6.92 Å². The van der Waals surface area contributed by atoms with Crippen LogP contribution in [-0.4, -0.2) is 15.7 Å². The van der Waals surface area contributed by atoms with Gasteiger partial charge in [0.1, 0.15) is 4.17 Å². The Morgan fingerprint density at radius 2 is 2.38 bits per heavy atom. The van der Waals surface area contributed by atoms with E-state index in [9.17, 15) is 4.57 Å². The van der Waals surface area contributed by atoms with Crippen molar-refractivity contribution in [1.82, 2.24) is 0 Å². The average Bonchev–Trinajstić information content (AvgIpc) is 1.67. The molecule has 8 heavy (non-hydrogen) atoms. The van der Waals surface area contributed by atoms with Crippen molar-refractivity contribution < 1.29 is 14.0 Å². The van der Waals surface area contributed by atoms with Crippen molar-refractivity contribution in [3.05, 3.63) is 0 Å². The maximum absolute atomic E-state index is 10.5. The summed E-state index contributed by atoms with van der Waals surface area (Å²) in [5.41, 5.74) is 0. The minimum atomic E-state index is -3.19. The lowest BCUT2D eigenvalue weighted by Crippen LogP contribution is -1.87. The zero-order valence-electron chi connectivity index (χ0n) is 4.50. The van der Waals surface area contributed by atoms with Crippen LogP contribution in [0.2, 0.25) is 0 Å². The second-order valence-corrected chi connectivity index (χ2v) is 4.99. The third-order valence-electron chi connectivity index (χ3n) is 0.482. The fourth-order valence-corrected chi connectivity index (χ4v) is 1.30. The average molecular weight is 250 g/mol. The van der Waals surface area contributed by atoms with Crippen molar-refractivity contribution in [3.63, 3.8) is 0 Å². The molecule has 0 aromatic heterocycles. The van der Waals surface area contributed by atoms with Gasteiger partial charge in [-0.1, -0.05) is 22.6 Å². The molecule has 0 spiro atoms. The Balaban J connectivity index is 3.55. The van der Waals surface area contributed by atoms with Gasteiger partial charge in [-0.25, -0.2) is 0 Å². The maximum atomic E-state index is 10.5. The highest BCUT2D eigenvalue weighted by Gasteiger charge is 2.14. The van der Waals surface area contributed by atoms with E-state index in [1.807, 2.05) is 22.6 Å². The molecule has 0 aromatic rings. The van der Waals surface area contributed by atoms with Gasteiger partial charge in [0, 0.05) is 0 Å². The Morgan fingerprint density at radius 3 is 2.50 bits per heavy atom. The lowest BCUT2D eigenvalue weighted by atomic mass is 10.9. The summed E-state index contributed by atoms with van der Waals surface area (Å²) in [4.78, 5) is 8.65. The number of hydrogen-bond acceptors (Lipinski definition) is 2. The quantitative estimate of drug-likeness (QED) is 0.470. The maximum Gasteiger partial charge on any atom is 0.337 e. The van der Waals surface area contributed by atoms with Gasteiger partial charge in [0.05, 0.1) is 6.61 Å². The normalized spacial score (nSPS) is 17.9. The molecule has 0 radical (unpaired) electrons. The van der Waals surface area contributed by atoms with Crippen molar-refractivity contribution >= 4 is 30.2 Å². The molecular formula is C3H8IO3P. The van der Waals surface area contributed by atoms with Crippen LogP contribution in [0.3, 0.4) is 0 Å². The molecule has 1 atom stereocenters. The summed E-state index contributed by atoms with van der Waals surface area (Å²) in [6.45, 7) is 1.99. The second-order valence-electron chi connectivity index (χ2n) is 1.17. The molecule has 5 heteroatoms. The van der Waals surface area contributed by atoms with E-state index < -0.39 is 7.60 Å².